The normalized spacial score (nSPS) is 10.8. The fraction of sp³-hybridized carbons (Fsp3) is 0.108. The standard InChI is InChI=1S/C19H16N4O6.C18H16N4O4.Co/c1-2-29-19(26)17-14(18(25)22(21-17)12-6-4-3-5-7-12)11-20-15-9-8-13(23(27)28)10-16(15)24;1-2-15-14(18(24)21(20-15)12-6-4-3-5-7-12)11-19-16-9-8-13(22(25)26)10-17(16)23;/h3-11,24-25H,2H2,1H3;3-11,23-24H,2H2,1H3;. The summed E-state index contributed by atoms with van der Waals surface area (Å²) in [6, 6.07) is 24.8. The molecule has 56 heavy (non-hydrogen) atoms. The zero-order valence-electron chi connectivity index (χ0n) is 29.5. The van der Waals surface area contributed by atoms with E-state index in [4.69, 9.17) is 4.74 Å². The van der Waals surface area contributed by atoms with Crippen molar-refractivity contribution in [1.29, 1.82) is 0 Å². The Morgan fingerprint density at radius 1 is 0.714 bits per heavy atom. The Balaban J connectivity index is 0.000000246. The number of benzene rings is 4. The molecule has 0 unspecified atom stereocenters. The Hall–Kier alpha value is -7.38. The van der Waals surface area contributed by atoms with E-state index in [1.807, 2.05) is 37.3 Å². The van der Waals surface area contributed by atoms with Crippen molar-refractivity contribution in [1.82, 2.24) is 19.6 Å². The number of aromatic nitrogens is 4. The van der Waals surface area contributed by atoms with Crippen LogP contribution < -0.4 is 0 Å². The Morgan fingerprint density at radius 2 is 1.16 bits per heavy atom. The Labute approximate surface area is 327 Å². The number of esters is 1. The molecule has 2 heterocycles. The maximum Gasteiger partial charge on any atom is 0.359 e. The summed E-state index contributed by atoms with van der Waals surface area (Å²) < 4.78 is 7.55. The van der Waals surface area contributed by atoms with E-state index in [1.54, 1.807) is 37.3 Å². The number of rotatable bonds is 11. The fourth-order valence-corrected chi connectivity index (χ4v) is 4.98. The molecule has 0 amide bonds. The molecule has 2 aromatic heterocycles. The molecule has 1 radical (unpaired) electrons. The minimum Gasteiger partial charge on any atom is -0.505 e. The van der Waals surface area contributed by atoms with Crippen LogP contribution in [0.2, 0.25) is 0 Å². The molecule has 0 saturated heterocycles. The van der Waals surface area contributed by atoms with Gasteiger partial charge in [0.15, 0.2) is 5.69 Å². The van der Waals surface area contributed by atoms with Crippen molar-refractivity contribution >= 4 is 41.1 Å². The SMILES string of the molecule is CCOC(=O)c1nn(-c2ccccc2)c(O)c1C=Nc1ccc([N+](=O)[O-])cc1O.CCc1nn(-c2ccccc2)c(O)c1C=Nc1ccc([N+](=O)[O-])cc1O.[Co]. The molecule has 0 aliphatic rings. The van der Waals surface area contributed by atoms with Gasteiger partial charge < -0.3 is 25.2 Å². The molecule has 0 fully saturated rings. The second kappa shape index (κ2) is 18.6. The van der Waals surface area contributed by atoms with Crippen molar-refractivity contribution in [3.05, 3.63) is 140 Å². The summed E-state index contributed by atoms with van der Waals surface area (Å²) in [6.45, 7) is 3.64. The summed E-state index contributed by atoms with van der Waals surface area (Å²) in [5.41, 5.74) is 1.73. The third-order valence-electron chi connectivity index (χ3n) is 7.68. The summed E-state index contributed by atoms with van der Waals surface area (Å²) >= 11 is 0. The average molecular weight is 808 g/mol. The molecule has 19 heteroatoms. The van der Waals surface area contributed by atoms with Gasteiger partial charge in [-0.25, -0.2) is 9.48 Å². The second-order valence-corrected chi connectivity index (χ2v) is 11.2. The van der Waals surface area contributed by atoms with Crippen molar-refractivity contribution in [2.24, 2.45) is 9.98 Å². The van der Waals surface area contributed by atoms with E-state index < -0.39 is 21.6 Å². The zero-order valence-corrected chi connectivity index (χ0v) is 30.5. The fourth-order valence-electron chi connectivity index (χ4n) is 4.98. The first-order valence-electron chi connectivity index (χ1n) is 16.4. The van der Waals surface area contributed by atoms with E-state index in [-0.39, 0.29) is 74.9 Å². The summed E-state index contributed by atoms with van der Waals surface area (Å²) in [6.07, 6.45) is 3.09. The first kappa shape index (κ1) is 41.4. The van der Waals surface area contributed by atoms with Gasteiger partial charge in [-0.15, -0.1) is 0 Å². The molecule has 4 N–H and O–H groups in total. The molecular formula is C37H32CoN8O10. The molecule has 18 nitrogen and oxygen atoms in total. The van der Waals surface area contributed by atoms with Gasteiger partial charge in [-0.2, -0.15) is 14.9 Å². The smallest absolute Gasteiger partial charge is 0.359 e. The first-order valence-corrected chi connectivity index (χ1v) is 16.4. The summed E-state index contributed by atoms with van der Waals surface area (Å²) in [5.74, 6) is -1.93. The zero-order chi connectivity index (χ0) is 39.6. The van der Waals surface area contributed by atoms with Crippen molar-refractivity contribution in [3.8, 4) is 34.6 Å². The van der Waals surface area contributed by atoms with Gasteiger partial charge >= 0.3 is 5.97 Å². The molecule has 4 aromatic carbocycles. The number of carbonyl (C=O) groups is 1. The number of nitrogens with zero attached hydrogens (tertiary/aromatic N) is 8. The molecule has 0 atom stereocenters. The van der Waals surface area contributed by atoms with Crippen molar-refractivity contribution in [3.63, 3.8) is 0 Å². The largest absolute Gasteiger partial charge is 0.505 e. The van der Waals surface area contributed by atoms with Crippen molar-refractivity contribution in [2.75, 3.05) is 6.61 Å². The van der Waals surface area contributed by atoms with Crippen LogP contribution in [0.15, 0.2) is 107 Å². The van der Waals surface area contributed by atoms with Crippen LogP contribution in [0.4, 0.5) is 22.7 Å². The van der Waals surface area contributed by atoms with E-state index in [0.29, 0.717) is 29.1 Å². The Morgan fingerprint density at radius 3 is 1.59 bits per heavy atom. The van der Waals surface area contributed by atoms with Crippen molar-refractivity contribution in [2.45, 2.75) is 20.3 Å². The van der Waals surface area contributed by atoms with E-state index in [1.165, 1.54) is 35.2 Å². The number of aliphatic imine (C=N–C) groups is 2. The number of hydrogen-bond donors (Lipinski definition) is 4. The molecule has 0 saturated carbocycles. The number of phenols is 2. The molecule has 289 valence electrons. The van der Waals surface area contributed by atoms with Crippen LogP contribution in [-0.2, 0) is 27.9 Å². The van der Waals surface area contributed by atoms with Gasteiger partial charge in [0.2, 0.25) is 11.8 Å². The predicted molar refractivity (Wildman–Crippen MR) is 200 cm³/mol. The quantitative estimate of drug-likeness (QED) is 0.0466. The number of phenolic OH excluding ortho intramolecular Hbond substituents is 2. The number of nitro groups is 2. The Kier molecular flexibility index (Phi) is 13.7. The maximum absolute atomic E-state index is 12.3. The molecule has 0 aliphatic carbocycles. The van der Waals surface area contributed by atoms with Crippen LogP contribution in [-0.4, -0.2) is 74.8 Å². The van der Waals surface area contributed by atoms with Gasteiger partial charge in [0, 0.05) is 41.3 Å². The minimum atomic E-state index is -0.758. The van der Waals surface area contributed by atoms with Crippen molar-refractivity contribution < 1.29 is 56.6 Å². The average Bonchev–Trinajstić information content (AvgIpc) is 3.69. The van der Waals surface area contributed by atoms with Crippen LogP contribution in [0.1, 0.15) is 41.2 Å². The van der Waals surface area contributed by atoms with E-state index in [9.17, 15) is 45.4 Å². The monoisotopic (exact) mass is 807 g/mol. The summed E-state index contributed by atoms with van der Waals surface area (Å²) in [4.78, 5) is 40.7. The van der Waals surface area contributed by atoms with Gasteiger partial charge in [-0.3, -0.25) is 30.2 Å². The topological polar surface area (TPSA) is 254 Å². The van der Waals surface area contributed by atoms with Crippen LogP contribution in [0.3, 0.4) is 0 Å². The van der Waals surface area contributed by atoms with Gasteiger partial charge in [-0.1, -0.05) is 43.3 Å². The van der Waals surface area contributed by atoms with Gasteiger partial charge in [0.25, 0.3) is 11.4 Å². The van der Waals surface area contributed by atoms with E-state index >= 15 is 0 Å². The van der Waals surface area contributed by atoms with Gasteiger partial charge in [0.1, 0.15) is 22.9 Å². The number of nitro benzene ring substituents is 2. The summed E-state index contributed by atoms with van der Waals surface area (Å²) in [5, 5.41) is 70.9. The molecule has 0 aliphatic heterocycles. The number of para-hydroxylation sites is 2. The van der Waals surface area contributed by atoms with E-state index in [0.717, 1.165) is 23.0 Å². The molecular weight excluding hydrogens is 775 g/mol. The Bertz CT molecular complexity index is 2420. The number of ether oxygens (including phenoxy) is 1. The number of non-ortho nitro benzene ring substituents is 2. The number of aromatic hydroxyl groups is 4. The molecule has 6 aromatic rings. The predicted octanol–water partition coefficient (Wildman–Crippen LogP) is 6.62. The minimum absolute atomic E-state index is 0. The second-order valence-electron chi connectivity index (χ2n) is 11.2. The van der Waals surface area contributed by atoms with E-state index in [2.05, 4.69) is 20.2 Å². The van der Waals surface area contributed by atoms with Crippen LogP contribution in [0.5, 0.6) is 23.3 Å². The maximum atomic E-state index is 12.3. The number of carbonyl (C=O) groups excluding carboxylic acids is 1. The third-order valence-corrected chi connectivity index (χ3v) is 7.68. The van der Waals surface area contributed by atoms with Gasteiger partial charge in [-0.05, 0) is 49.7 Å². The van der Waals surface area contributed by atoms with Crippen LogP contribution >= 0.6 is 0 Å². The van der Waals surface area contributed by atoms with Gasteiger partial charge in [0.05, 0.1) is 56.8 Å². The molecule has 6 rings (SSSR count). The summed E-state index contributed by atoms with van der Waals surface area (Å²) in [7, 11) is 0. The first-order chi connectivity index (χ1) is 26.4. The third kappa shape index (κ3) is 9.39. The number of hydrogen-bond acceptors (Lipinski definition) is 14. The van der Waals surface area contributed by atoms with Crippen LogP contribution in [0, 0.1) is 20.2 Å². The number of aryl methyl sites for hydroxylation is 1. The van der Waals surface area contributed by atoms with Crippen LogP contribution in [0.25, 0.3) is 11.4 Å². The molecule has 0 spiro atoms. The molecule has 0 bridgehead atoms.